The van der Waals surface area contributed by atoms with Gasteiger partial charge in [0.15, 0.2) is 0 Å². The molecule has 1 aliphatic rings. The molecule has 126 valence electrons. The molecular weight excluding hydrogens is 308 g/mol. The molecule has 1 atom stereocenters. The standard InChI is InChI=1S/C16H20N6O2/c1-9-10(2)21-22(11(9)3)16-18-7-13(8-19-16)20-15(24)12-4-5-14(23)17-6-12/h7-8,12H,4-6H2,1-3H3,(H,17,23)(H,20,24). The maximum Gasteiger partial charge on any atom is 0.250 e. The van der Waals surface area contributed by atoms with Crippen molar-refractivity contribution in [3.63, 3.8) is 0 Å². The molecule has 1 saturated heterocycles. The molecule has 0 aromatic carbocycles. The first-order chi connectivity index (χ1) is 11.5. The minimum absolute atomic E-state index is 0.00749. The molecule has 0 spiro atoms. The van der Waals surface area contributed by atoms with Gasteiger partial charge in [-0.2, -0.15) is 5.10 Å². The lowest BCUT2D eigenvalue weighted by atomic mass is 9.98. The fraction of sp³-hybridized carbons (Fsp3) is 0.438. The molecule has 0 radical (unpaired) electrons. The predicted molar refractivity (Wildman–Crippen MR) is 87.7 cm³/mol. The van der Waals surface area contributed by atoms with Crippen LogP contribution in [0.4, 0.5) is 5.69 Å². The molecule has 3 rings (SSSR count). The minimum Gasteiger partial charge on any atom is -0.355 e. The van der Waals surface area contributed by atoms with Gasteiger partial charge in [-0.25, -0.2) is 14.6 Å². The van der Waals surface area contributed by atoms with Gasteiger partial charge in [0.25, 0.3) is 5.95 Å². The Hall–Kier alpha value is -2.77. The van der Waals surface area contributed by atoms with E-state index in [4.69, 9.17) is 0 Å². The zero-order valence-corrected chi connectivity index (χ0v) is 14.0. The molecule has 2 amide bonds. The first-order valence-corrected chi connectivity index (χ1v) is 7.88. The molecule has 1 aliphatic heterocycles. The van der Waals surface area contributed by atoms with E-state index in [-0.39, 0.29) is 17.7 Å². The Balaban J connectivity index is 1.69. The van der Waals surface area contributed by atoms with Gasteiger partial charge in [-0.3, -0.25) is 9.59 Å². The molecule has 2 aromatic heterocycles. The number of nitrogens with zero attached hydrogens (tertiary/aromatic N) is 4. The van der Waals surface area contributed by atoms with Crippen molar-refractivity contribution < 1.29 is 9.59 Å². The molecule has 3 heterocycles. The van der Waals surface area contributed by atoms with E-state index in [9.17, 15) is 9.59 Å². The van der Waals surface area contributed by atoms with Gasteiger partial charge in [-0.1, -0.05) is 0 Å². The zero-order valence-electron chi connectivity index (χ0n) is 14.0. The maximum atomic E-state index is 12.2. The normalized spacial score (nSPS) is 17.5. The van der Waals surface area contributed by atoms with Crippen molar-refractivity contribution in [3.8, 4) is 5.95 Å². The number of anilines is 1. The molecule has 0 bridgehead atoms. The van der Waals surface area contributed by atoms with Crippen LogP contribution in [0.15, 0.2) is 12.4 Å². The van der Waals surface area contributed by atoms with Crippen molar-refractivity contribution in [2.75, 3.05) is 11.9 Å². The van der Waals surface area contributed by atoms with E-state index in [0.717, 1.165) is 17.0 Å². The summed E-state index contributed by atoms with van der Waals surface area (Å²) >= 11 is 0. The molecule has 8 heteroatoms. The van der Waals surface area contributed by atoms with Crippen LogP contribution in [0.5, 0.6) is 0 Å². The number of rotatable bonds is 3. The SMILES string of the molecule is Cc1nn(-c2ncc(NC(=O)C3CCC(=O)NC3)cn2)c(C)c1C. The Bertz CT molecular complexity index is 771. The molecule has 8 nitrogen and oxygen atoms in total. The monoisotopic (exact) mass is 328 g/mol. The summed E-state index contributed by atoms with van der Waals surface area (Å²) < 4.78 is 1.69. The zero-order chi connectivity index (χ0) is 17.3. The van der Waals surface area contributed by atoms with Crippen LogP contribution < -0.4 is 10.6 Å². The predicted octanol–water partition coefficient (Wildman–Crippen LogP) is 1.05. The number of aryl methyl sites for hydroxylation is 1. The summed E-state index contributed by atoms with van der Waals surface area (Å²) in [6.07, 6.45) is 4.06. The highest BCUT2D eigenvalue weighted by Crippen LogP contribution is 2.16. The lowest BCUT2D eigenvalue weighted by Crippen LogP contribution is -2.40. The molecule has 24 heavy (non-hydrogen) atoms. The van der Waals surface area contributed by atoms with Crippen LogP contribution in [0.1, 0.15) is 29.8 Å². The summed E-state index contributed by atoms with van der Waals surface area (Å²) in [5, 5.41) is 9.91. The Morgan fingerprint density at radius 1 is 1.29 bits per heavy atom. The maximum absolute atomic E-state index is 12.2. The fourth-order valence-corrected chi connectivity index (χ4v) is 2.61. The summed E-state index contributed by atoms with van der Waals surface area (Å²) in [4.78, 5) is 31.9. The summed E-state index contributed by atoms with van der Waals surface area (Å²) in [7, 11) is 0. The van der Waals surface area contributed by atoms with Crippen LogP contribution in [0.25, 0.3) is 5.95 Å². The second-order valence-electron chi connectivity index (χ2n) is 6.01. The Labute approximate surface area is 139 Å². The number of piperidine rings is 1. The average molecular weight is 328 g/mol. The van der Waals surface area contributed by atoms with E-state index in [1.54, 1.807) is 17.1 Å². The van der Waals surface area contributed by atoms with Crippen LogP contribution in [-0.4, -0.2) is 38.1 Å². The summed E-state index contributed by atoms with van der Waals surface area (Å²) in [5.74, 6) is 0.105. The second kappa shape index (κ2) is 6.38. The first-order valence-electron chi connectivity index (χ1n) is 7.88. The van der Waals surface area contributed by atoms with Crippen LogP contribution in [0.3, 0.4) is 0 Å². The van der Waals surface area contributed by atoms with Crippen LogP contribution in [0.2, 0.25) is 0 Å². The molecular formula is C16H20N6O2. The Morgan fingerprint density at radius 2 is 2.00 bits per heavy atom. The summed E-state index contributed by atoms with van der Waals surface area (Å²) in [6.45, 7) is 6.28. The molecule has 1 fully saturated rings. The first kappa shape index (κ1) is 16.1. The number of hydrogen-bond donors (Lipinski definition) is 2. The van der Waals surface area contributed by atoms with Gasteiger partial charge in [0.05, 0.1) is 29.7 Å². The molecule has 0 aliphatic carbocycles. The number of carbonyl (C=O) groups excluding carboxylic acids is 2. The number of hydrogen-bond acceptors (Lipinski definition) is 5. The molecule has 0 saturated carbocycles. The minimum atomic E-state index is -0.221. The van der Waals surface area contributed by atoms with Crippen LogP contribution in [-0.2, 0) is 9.59 Å². The Morgan fingerprint density at radius 3 is 2.54 bits per heavy atom. The largest absolute Gasteiger partial charge is 0.355 e. The number of amides is 2. The number of nitrogens with one attached hydrogen (secondary N) is 2. The van der Waals surface area contributed by atoms with E-state index in [2.05, 4.69) is 25.7 Å². The van der Waals surface area contributed by atoms with Gasteiger partial charge in [0.2, 0.25) is 11.8 Å². The highest BCUT2D eigenvalue weighted by molar-refractivity contribution is 5.93. The number of carbonyl (C=O) groups is 2. The van der Waals surface area contributed by atoms with E-state index < -0.39 is 0 Å². The topological polar surface area (TPSA) is 102 Å². The van der Waals surface area contributed by atoms with Crippen molar-refractivity contribution in [2.45, 2.75) is 33.6 Å². The van der Waals surface area contributed by atoms with E-state index in [0.29, 0.717) is 31.0 Å². The highest BCUT2D eigenvalue weighted by atomic mass is 16.2. The lowest BCUT2D eigenvalue weighted by molar-refractivity contribution is -0.126. The lowest BCUT2D eigenvalue weighted by Gasteiger charge is -2.21. The van der Waals surface area contributed by atoms with E-state index in [1.165, 1.54) is 0 Å². The van der Waals surface area contributed by atoms with Crippen molar-refractivity contribution in [1.82, 2.24) is 25.1 Å². The quantitative estimate of drug-likeness (QED) is 0.877. The molecule has 2 aromatic rings. The van der Waals surface area contributed by atoms with Gasteiger partial charge < -0.3 is 10.6 Å². The average Bonchev–Trinajstić information content (AvgIpc) is 2.84. The van der Waals surface area contributed by atoms with Gasteiger partial charge >= 0.3 is 0 Å². The fourth-order valence-electron chi connectivity index (χ4n) is 2.61. The van der Waals surface area contributed by atoms with Crippen molar-refractivity contribution >= 4 is 17.5 Å². The van der Waals surface area contributed by atoms with Crippen LogP contribution >= 0.6 is 0 Å². The molecule has 2 N–H and O–H groups in total. The van der Waals surface area contributed by atoms with Crippen molar-refractivity contribution in [1.29, 1.82) is 0 Å². The van der Waals surface area contributed by atoms with Gasteiger partial charge in [-0.05, 0) is 32.8 Å². The van der Waals surface area contributed by atoms with Crippen molar-refractivity contribution in [3.05, 3.63) is 29.3 Å². The Kier molecular flexibility index (Phi) is 4.28. The van der Waals surface area contributed by atoms with E-state index >= 15 is 0 Å². The molecule has 1 unspecified atom stereocenters. The third-order valence-corrected chi connectivity index (χ3v) is 4.38. The van der Waals surface area contributed by atoms with Gasteiger partial charge in [-0.15, -0.1) is 0 Å². The van der Waals surface area contributed by atoms with Crippen molar-refractivity contribution in [2.24, 2.45) is 5.92 Å². The second-order valence-corrected chi connectivity index (χ2v) is 6.01. The van der Waals surface area contributed by atoms with E-state index in [1.807, 2.05) is 20.8 Å². The number of aromatic nitrogens is 4. The third-order valence-electron chi connectivity index (χ3n) is 4.38. The summed E-state index contributed by atoms with van der Waals surface area (Å²) in [6, 6.07) is 0. The van der Waals surface area contributed by atoms with Gasteiger partial charge in [0.1, 0.15) is 0 Å². The third kappa shape index (κ3) is 3.12. The highest BCUT2D eigenvalue weighted by Gasteiger charge is 2.24. The van der Waals surface area contributed by atoms with Gasteiger partial charge in [0, 0.05) is 18.7 Å². The van der Waals surface area contributed by atoms with Crippen LogP contribution in [0, 0.1) is 26.7 Å². The summed E-state index contributed by atoms with van der Waals surface area (Å²) in [5.41, 5.74) is 3.56. The smallest absolute Gasteiger partial charge is 0.250 e.